The number of amides is 1. The second-order valence-corrected chi connectivity index (χ2v) is 3.76. The van der Waals surface area contributed by atoms with Gasteiger partial charge in [0.25, 0.3) is 5.91 Å². The van der Waals surface area contributed by atoms with Crippen LogP contribution in [0.25, 0.3) is 0 Å². The molecular weight excluding hydrogens is 310 g/mol. The van der Waals surface area contributed by atoms with Gasteiger partial charge in [0.2, 0.25) is 5.75 Å². The topological polar surface area (TPSA) is 145 Å². The Morgan fingerprint density at radius 1 is 0.913 bits per heavy atom. The van der Waals surface area contributed by atoms with Crippen molar-refractivity contribution in [2.75, 3.05) is 21.3 Å². The van der Waals surface area contributed by atoms with Crippen LogP contribution in [0, 0.1) is 0 Å². The summed E-state index contributed by atoms with van der Waals surface area (Å²) in [4.78, 5) is 30.2. The number of hydrogen-bond acceptors (Lipinski definition) is 6. The van der Waals surface area contributed by atoms with Gasteiger partial charge in [-0.15, -0.1) is 0 Å². The van der Waals surface area contributed by atoms with Crippen LogP contribution in [0.1, 0.15) is 10.4 Å². The minimum Gasteiger partial charge on any atom is -0.493 e. The van der Waals surface area contributed by atoms with E-state index >= 15 is 0 Å². The Kier molecular flexibility index (Phi) is 8.30. The van der Waals surface area contributed by atoms with Crippen LogP contribution in [0.2, 0.25) is 0 Å². The summed E-state index contributed by atoms with van der Waals surface area (Å²) in [5, 5.41) is 15.6. The quantitative estimate of drug-likeness (QED) is 0.641. The van der Waals surface area contributed by atoms with Crippen LogP contribution in [-0.2, 0) is 9.59 Å². The van der Waals surface area contributed by atoms with E-state index in [0.717, 1.165) is 0 Å². The van der Waals surface area contributed by atoms with Crippen LogP contribution in [0.5, 0.6) is 17.2 Å². The summed E-state index contributed by atoms with van der Waals surface area (Å²) in [5.74, 6) is -1.97. The van der Waals surface area contributed by atoms with Crippen molar-refractivity contribution in [3.63, 3.8) is 0 Å². The predicted molar refractivity (Wildman–Crippen MR) is 79.0 cm³/mol. The van der Waals surface area contributed by atoms with E-state index in [4.69, 9.17) is 30.2 Å². The van der Waals surface area contributed by atoms with E-state index in [9.17, 15) is 14.4 Å². The smallest absolute Gasteiger partial charge is 0.328 e. The highest BCUT2D eigenvalue weighted by Gasteiger charge is 2.18. The van der Waals surface area contributed by atoms with Gasteiger partial charge in [-0.1, -0.05) is 0 Å². The molecule has 9 nitrogen and oxygen atoms in total. The Bertz CT molecular complexity index is 593. The zero-order valence-electron chi connectivity index (χ0n) is 12.7. The highest BCUT2D eigenvalue weighted by atomic mass is 16.5. The van der Waals surface area contributed by atoms with Crippen LogP contribution in [0.3, 0.4) is 0 Å². The van der Waals surface area contributed by atoms with E-state index < -0.39 is 17.8 Å². The molecule has 1 rings (SSSR count). The maximum absolute atomic E-state index is 11.1. The number of aliphatic carboxylic acids is 2. The molecule has 4 N–H and O–H groups in total. The molecule has 126 valence electrons. The lowest BCUT2D eigenvalue weighted by molar-refractivity contribution is -0.134. The van der Waals surface area contributed by atoms with Gasteiger partial charge < -0.3 is 30.2 Å². The normalized spacial score (nSPS) is 9.52. The molecule has 0 saturated carbocycles. The van der Waals surface area contributed by atoms with Crippen molar-refractivity contribution < 1.29 is 38.8 Å². The number of hydrogen-bond donors (Lipinski definition) is 3. The third-order valence-electron chi connectivity index (χ3n) is 2.34. The lowest BCUT2D eigenvalue weighted by atomic mass is 10.1. The number of primary amides is 1. The van der Waals surface area contributed by atoms with Gasteiger partial charge in [0, 0.05) is 12.2 Å². The minimum absolute atomic E-state index is 0.259. The standard InChI is InChI=1S/C10H13NO4.C4H4O4/c1-13-7-5-4-6(10(11)12)8(14-2)9(7)15-3;5-3(6)1-2-4(7)8/h4-5H,1-3H3,(H2,11,12);1-2H,(H,5,6)(H,7,8)/b;2-1-. The molecule has 0 bridgehead atoms. The van der Waals surface area contributed by atoms with Crippen molar-refractivity contribution in [3.05, 3.63) is 29.8 Å². The first-order chi connectivity index (χ1) is 10.8. The summed E-state index contributed by atoms with van der Waals surface area (Å²) in [7, 11) is 4.40. The van der Waals surface area contributed by atoms with Gasteiger partial charge in [0.15, 0.2) is 11.5 Å². The molecule has 1 aromatic rings. The average molecular weight is 327 g/mol. The van der Waals surface area contributed by atoms with Crippen LogP contribution < -0.4 is 19.9 Å². The molecule has 1 aromatic carbocycles. The summed E-state index contributed by atoms with van der Waals surface area (Å²) in [6, 6.07) is 3.13. The van der Waals surface area contributed by atoms with E-state index in [2.05, 4.69) is 0 Å². The minimum atomic E-state index is -1.26. The molecular formula is C14H17NO8. The number of methoxy groups -OCH3 is 3. The Labute approximate surface area is 131 Å². The van der Waals surface area contributed by atoms with E-state index in [0.29, 0.717) is 23.7 Å². The van der Waals surface area contributed by atoms with Gasteiger partial charge in [-0.25, -0.2) is 9.59 Å². The molecule has 0 heterocycles. The van der Waals surface area contributed by atoms with Crippen molar-refractivity contribution >= 4 is 17.8 Å². The highest BCUT2D eigenvalue weighted by Crippen LogP contribution is 2.39. The monoisotopic (exact) mass is 327 g/mol. The van der Waals surface area contributed by atoms with Crippen LogP contribution in [-0.4, -0.2) is 49.4 Å². The molecule has 1 amide bonds. The molecule has 0 aliphatic carbocycles. The molecule has 23 heavy (non-hydrogen) atoms. The summed E-state index contributed by atoms with van der Waals surface area (Å²) < 4.78 is 15.2. The van der Waals surface area contributed by atoms with Gasteiger partial charge in [-0.2, -0.15) is 0 Å². The number of carboxylic acids is 2. The molecule has 9 heteroatoms. The maximum atomic E-state index is 11.1. The number of carboxylic acid groups (broad SMARTS) is 2. The molecule has 0 radical (unpaired) electrons. The van der Waals surface area contributed by atoms with Crippen LogP contribution in [0.4, 0.5) is 0 Å². The molecule has 0 atom stereocenters. The first kappa shape index (κ1) is 19.8. The SMILES string of the molecule is COc1ccc(C(N)=O)c(OC)c1OC.O=C(O)/C=C\C(=O)O. The third kappa shape index (κ3) is 6.38. The number of ether oxygens (including phenoxy) is 3. The fourth-order valence-corrected chi connectivity index (χ4v) is 1.44. The summed E-state index contributed by atoms with van der Waals surface area (Å²) in [6.07, 6.45) is 1.12. The van der Waals surface area contributed by atoms with Gasteiger partial charge in [-0.3, -0.25) is 4.79 Å². The van der Waals surface area contributed by atoms with Crippen molar-refractivity contribution in [1.29, 1.82) is 0 Å². The number of carbonyl (C=O) groups excluding carboxylic acids is 1. The van der Waals surface area contributed by atoms with Crippen molar-refractivity contribution in [2.24, 2.45) is 5.73 Å². The van der Waals surface area contributed by atoms with Crippen LogP contribution >= 0.6 is 0 Å². The van der Waals surface area contributed by atoms with Gasteiger partial charge in [0.1, 0.15) is 0 Å². The number of rotatable bonds is 6. The first-order valence-corrected chi connectivity index (χ1v) is 6.01. The third-order valence-corrected chi connectivity index (χ3v) is 2.34. The predicted octanol–water partition coefficient (Wildman–Crippen LogP) is 0.523. The van der Waals surface area contributed by atoms with Crippen molar-refractivity contribution in [1.82, 2.24) is 0 Å². The zero-order chi connectivity index (χ0) is 18.0. The number of nitrogens with two attached hydrogens (primary N) is 1. The summed E-state index contributed by atoms with van der Waals surface area (Å²) in [5.41, 5.74) is 5.45. The van der Waals surface area contributed by atoms with E-state index in [1.807, 2.05) is 0 Å². The second kappa shape index (κ2) is 9.66. The molecule has 0 unspecified atom stereocenters. The largest absolute Gasteiger partial charge is 0.493 e. The Morgan fingerprint density at radius 2 is 1.39 bits per heavy atom. The van der Waals surface area contributed by atoms with Gasteiger partial charge in [-0.05, 0) is 12.1 Å². The van der Waals surface area contributed by atoms with E-state index in [1.165, 1.54) is 27.4 Å². The Hall–Kier alpha value is -3.23. The second-order valence-electron chi connectivity index (χ2n) is 3.76. The van der Waals surface area contributed by atoms with E-state index in [1.54, 1.807) is 6.07 Å². The molecule has 0 aromatic heterocycles. The fourth-order valence-electron chi connectivity index (χ4n) is 1.44. The molecule has 0 fully saturated rings. The molecule has 0 aliphatic rings. The average Bonchev–Trinajstić information content (AvgIpc) is 2.51. The number of benzene rings is 1. The maximum Gasteiger partial charge on any atom is 0.328 e. The summed E-state index contributed by atoms with van der Waals surface area (Å²) >= 11 is 0. The number of carbonyl (C=O) groups is 3. The van der Waals surface area contributed by atoms with Crippen LogP contribution in [0.15, 0.2) is 24.3 Å². The molecule has 0 spiro atoms. The summed E-state index contributed by atoms with van der Waals surface area (Å²) in [6.45, 7) is 0. The van der Waals surface area contributed by atoms with Gasteiger partial charge in [0.05, 0.1) is 26.9 Å². The Balaban J connectivity index is 0.000000515. The van der Waals surface area contributed by atoms with Crippen molar-refractivity contribution in [2.45, 2.75) is 0 Å². The lowest BCUT2D eigenvalue weighted by Gasteiger charge is -2.13. The fraction of sp³-hybridized carbons (Fsp3) is 0.214. The highest BCUT2D eigenvalue weighted by molar-refractivity contribution is 5.97. The Morgan fingerprint density at radius 3 is 1.70 bits per heavy atom. The molecule has 0 aliphatic heterocycles. The molecule has 0 saturated heterocycles. The van der Waals surface area contributed by atoms with Gasteiger partial charge >= 0.3 is 11.9 Å². The zero-order valence-corrected chi connectivity index (χ0v) is 12.7. The first-order valence-electron chi connectivity index (χ1n) is 6.01. The lowest BCUT2D eigenvalue weighted by Crippen LogP contribution is -2.13. The van der Waals surface area contributed by atoms with Crippen molar-refractivity contribution in [3.8, 4) is 17.2 Å². The van der Waals surface area contributed by atoms with E-state index in [-0.39, 0.29) is 11.3 Å².